The molecule has 4 aromatic rings. The Morgan fingerprint density at radius 3 is 2.40 bits per heavy atom. The van der Waals surface area contributed by atoms with Gasteiger partial charge >= 0.3 is 0 Å². The van der Waals surface area contributed by atoms with E-state index in [2.05, 4.69) is 21.8 Å². The van der Waals surface area contributed by atoms with Gasteiger partial charge in [0.2, 0.25) is 11.8 Å². The zero-order valence-electron chi connectivity index (χ0n) is 26.0. The van der Waals surface area contributed by atoms with Gasteiger partial charge in [0.15, 0.2) is 11.4 Å². The number of anilines is 1. The summed E-state index contributed by atoms with van der Waals surface area (Å²) in [7, 11) is 0. The number of ether oxygens (including phenoxy) is 1. The highest BCUT2D eigenvalue weighted by Crippen LogP contribution is 2.45. The molecule has 2 aliphatic rings. The number of piperidine rings is 1. The van der Waals surface area contributed by atoms with Crippen LogP contribution in [0, 0.1) is 29.4 Å². The van der Waals surface area contributed by atoms with Crippen molar-refractivity contribution < 1.29 is 27.8 Å². The van der Waals surface area contributed by atoms with Gasteiger partial charge in [-0.3, -0.25) is 14.2 Å². The quantitative estimate of drug-likeness (QED) is 0.280. The molecule has 12 heteroatoms. The Balaban J connectivity index is 1.12. The molecule has 3 heterocycles. The highest BCUT2D eigenvalue weighted by Gasteiger charge is 2.46. The second-order valence-corrected chi connectivity index (χ2v) is 12.4. The standard InChI is InChI=1S/C36H34F3N5O4/c37-25-7-10-28(11-8-25)48-32-31(40)34(46)44(23-42-32)22-36(47)16-18-43(19-17-36)33(45)29-13-15-35(39,14-12-27-9-6-26(38)21-41-27)20-30(29)24-4-2-1-3-5-24/h1-11,21,23,29-30,47H,13,15-20,22,40H2/t29-,30+,35+/m1/s1. The summed E-state index contributed by atoms with van der Waals surface area (Å²) in [6.07, 6.45) is 3.00. The highest BCUT2D eigenvalue weighted by molar-refractivity contribution is 5.80. The zero-order chi connectivity index (χ0) is 33.9. The van der Waals surface area contributed by atoms with Gasteiger partial charge in [0.1, 0.15) is 29.4 Å². The number of aliphatic hydroxyl groups is 1. The predicted molar refractivity (Wildman–Crippen MR) is 172 cm³/mol. The Morgan fingerprint density at radius 2 is 1.71 bits per heavy atom. The lowest BCUT2D eigenvalue weighted by atomic mass is 9.69. The number of hydrogen-bond donors (Lipinski definition) is 2. The first-order valence-corrected chi connectivity index (χ1v) is 15.7. The second-order valence-electron chi connectivity index (χ2n) is 12.4. The van der Waals surface area contributed by atoms with Crippen LogP contribution in [0.5, 0.6) is 11.6 Å². The van der Waals surface area contributed by atoms with Gasteiger partial charge in [-0.25, -0.2) is 23.1 Å². The highest BCUT2D eigenvalue weighted by atomic mass is 19.1. The lowest BCUT2D eigenvalue weighted by molar-refractivity contribution is -0.142. The lowest BCUT2D eigenvalue weighted by Crippen LogP contribution is -2.52. The van der Waals surface area contributed by atoms with Crippen LogP contribution in [0.1, 0.15) is 49.3 Å². The molecule has 6 rings (SSSR count). The van der Waals surface area contributed by atoms with Crippen LogP contribution in [0.2, 0.25) is 0 Å². The number of halogens is 3. The molecular weight excluding hydrogens is 623 g/mol. The first-order valence-electron chi connectivity index (χ1n) is 15.7. The SMILES string of the molecule is Nc1c(Oc2ccc(F)cc2)ncn(CC2(O)CCN(C(=O)[C@@H]3CC[C@@](F)(C#Cc4ccc(F)cn4)C[C@H]3c3ccccc3)CC2)c1=O. The Kier molecular flexibility index (Phi) is 9.24. The molecule has 2 aromatic carbocycles. The van der Waals surface area contributed by atoms with Crippen LogP contribution in [-0.4, -0.2) is 54.8 Å². The van der Waals surface area contributed by atoms with Crippen LogP contribution in [0.25, 0.3) is 0 Å². The molecule has 3 atom stereocenters. The minimum absolute atomic E-state index is 0.0115. The molecule has 0 bridgehead atoms. The number of amides is 1. The fourth-order valence-electron chi connectivity index (χ4n) is 6.42. The summed E-state index contributed by atoms with van der Waals surface area (Å²) >= 11 is 0. The first-order chi connectivity index (χ1) is 23.0. The fraction of sp³-hybridized carbons (Fsp3) is 0.333. The molecule has 1 aliphatic heterocycles. The zero-order valence-corrected chi connectivity index (χ0v) is 26.0. The van der Waals surface area contributed by atoms with E-state index in [0.717, 1.165) is 11.8 Å². The van der Waals surface area contributed by atoms with Gasteiger partial charge in [-0.15, -0.1) is 0 Å². The summed E-state index contributed by atoms with van der Waals surface area (Å²) in [6.45, 7) is 0.394. The van der Waals surface area contributed by atoms with Crippen LogP contribution in [-0.2, 0) is 11.3 Å². The van der Waals surface area contributed by atoms with E-state index >= 15 is 4.39 Å². The van der Waals surface area contributed by atoms with E-state index in [-0.39, 0.29) is 80.7 Å². The van der Waals surface area contributed by atoms with Crippen LogP contribution in [0.4, 0.5) is 18.9 Å². The average molecular weight is 658 g/mol. The van der Waals surface area contributed by atoms with Crippen LogP contribution in [0.15, 0.2) is 84.0 Å². The topological polar surface area (TPSA) is 124 Å². The van der Waals surface area contributed by atoms with E-state index < -0.39 is 40.3 Å². The number of carbonyl (C=O) groups is 1. The monoisotopic (exact) mass is 657 g/mol. The summed E-state index contributed by atoms with van der Waals surface area (Å²) in [5.41, 5.74) is 3.07. The third-order valence-electron chi connectivity index (χ3n) is 9.10. The second kappa shape index (κ2) is 13.5. The van der Waals surface area contributed by atoms with E-state index in [1.54, 1.807) is 4.90 Å². The number of rotatable bonds is 6. The number of nitrogen functional groups attached to an aromatic ring is 1. The van der Waals surface area contributed by atoms with Crippen molar-refractivity contribution in [3.63, 3.8) is 0 Å². The maximum absolute atomic E-state index is 16.2. The molecule has 1 amide bonds. The number of nitrogens with two attached hydrogens (primary N) is 1. The molecule has 0 radical (unpaired) electrons. The molecule has 1 saturated heterocycles. The first kappa shape index (κ1) is 32.8. The summed E-state index contributed by atoms with van der Waals surface area (Å²) in [5, 5.41) is 11.4. The molecule has 248 valence electrons. The van der Waals surface area contributed by atoms with E-state index in [4.69, 9.17) is 10.5 Å². The minimum atomic E-state index is -1.86. The van der Waals surface area contributed by atoms with Crippen molar-refractivity contribution in [1.29, 1.82) is 0 Å². The van der Waals surface area contributed by atoms with Gasteiger partial charge < -0.3 is 20.5 Å². The molecular formula is C36H34F3N5O4. The van der Waals surface area contributed by atoms with Crippen molar-refractivity contribution in [1.82, 2.24) is 19.4 Å². The van der Waals surface area contributed by atoms with Crippen molar-refractivity contribution >= 4 is 11.6 Å². The Bertz CT molecular complexity index is 1890. The van der Waals surface area contributed by atoms with Crippen molar-refractivity contribution in [3.05, 3.63) is 112 Å². The number of benzene rings is 2. The van der Waals surface area contributed by atoms with Gasteiger partial charge in [0, 0.05) is 25.4 Å². The number of pyridine rings is 1. The summed E-state index contributed by atoms with van der Waals surface area (Å²) in [4.78, 5) is 36.7. The Labute approximate surface area is 275 Å². The molecule has 1 saturated carbocycles. The number of likely N-dealkylation sites (tertiary alicyclic amines) is 1. The van der Waals surface area contributed by atoms with Crippen molar-refractivity contribution in [2.45, 2.75) is 55.8 Å². The number of alkyl halides is 1. The van der Waals surface area contributed by atoms with Gasteiger partial charge in [0.05, 0.1) is 18.3 Å². The smallest absolute Gasteiger partial charge is 0.280 e. The van der Waals surface area contributed by atoms with E-state index in [0.29, 0.717) is 0 Å². The van der Waals surface area contributed by atoms with Crippen LogP contribution >= 0.6 is 0 Å². The number of aromatic nitrogens is 3. The molecule has 1 aliphatic carbocycles. The van der Waals surface area contributed by atoms with Crippen LogP contribution < -0.4 is 16.0 Å². The van der Waals surface area contributed by atoms with Gasteiger partial charge in [0.25, 0.3) is 5.56 Å². The van der Waals surface area contributed by atoms with Crippen molar-refractivity contribution in [2.75, 3.05) is 18.8 Å². The molecule has 0 unspecified atom stereocenters. The van der Waals surface area contributed by atoms with E-state index in [9.17, 15) is 23.5 Å². The summed E-state index contributed by atoms with van der Waals surface area (Å²) in [5.74, 6) is 3.57. The molecule has 2 fully saturated rings. The Hall–Kier alpha value is -5.15. The average Bonchev–Trinajstić information content (AvgIpc) is 3.09. The van der Waals surface area contributed by atoms with Gasteiger partial charge in [-0.05, 0) is 79.5 Å². The van der Waals surface area contributed by atoms with E-state index in [1.807, 2.05) is 30.3 Å². The molecule has 2 aromatic heterocycles. The van der Waals surface area contributed by atoms with Gasteiger partial charge in [-0.1, -0.05) is 36.3 Å². The van der Waals surface area contributed by atoms with Crippen molar-refractivity contribution in [3.8, 4) is 23.5 Å². The van der Waals surface area contributed by atoms with E-state index in [1.165, 1.54) is 47.3 Å². The molecule has 3 N–H and O–H groups in total. The largest absolute Gasteiger partial charge is 0.437 e. The number of hydrogen-bond acceptors (Lipinski definition) is 7. The third kappa shape index (κ3) is 7.37. The van der Waals surface area contributed by atoms with Crippen molar-refractivity contribution in [2.24, 2.45) is 5.92 Å². The summed E-state index contributed by atoms with van der Waals surface area (Å²) in [6, 6.07) is 17.1. The maximum atomic E-state index is 16.2. The molecule has 9 nitrogen and oxygen atoms in total. The lowest BCUT2D eigenvalue weighted by Gasteiger charge is -2.43. The fourth-order valence-corrected chi connectivity index (χ4v) is 6.42. The summed E-state index contributed by atoms with van der Waals surface area (Å²) < 4.78 is 49.4. The molecule has 48 heavy (non-hydrogen) atoms. The minimum Gasteiger partial charge on any atom is -0.437 e. The number of carbonyl (C=O) groups excluding carboxylic acids is 1. The number of nitrogens with zero attached hydrogens (tertiary/aromatic N) is 4. The third-order valence-corrected chi connectivity index (χ3v) is 9.10. The predicted octanol–water partition coefficient (Wildman–Crippen LogP) is 4.99. The molecule has 0 spiro atoms. The normalized spacial score (nSPS) is 22.0. The van der Waals surface area contributed by atoms with Crippen LogP contribution in [0.3, 0.4) is 0 Å². The van der Waals surface area contributed by atoms with Gasteiger partial charge in [-0.2, -0.15) is 0 Å². The Morgan fingerprint density at radius 1 is 1.00 bits per heavy atom. The maximum Gasteiger partial charge on any atom is 0.280 e.